The summed E-state index contributed by atoms with van der Waals surface area (Å²) in [6.07, 6.45) is 3.87. The average Bonchev–Trinajstić information content (AvgIpc) is 2.65. The zero-order valence-corrected chi connectivity index (χ0v) is 8.03. The van der Waals surface area contributed by atoms with Crippen LogP contribution >= 0.6 is 0 Å². The van der Waals surface area contributed by atoms with E-state index < -0.39 is 0 Å². The molecule has 0 aliphatic carbocycles. The number of carbonyl (C=O) groups is 1. The number of Topliss-reactive ketones (excluding diaryl/α,β-unsaturated/α-hetero) is 1. The van der Waals surface area contributed by atoms with Crippen molar-refractivity contribution in [1.82, 2.24) is 9.72 Å². The van der Waals surface area contributed by atoms with Crippen molar-refractivity contribution in [2.24, 2.45) is 0 Å². The van der Waals surface area contributed by atoms with Crippen LogP contribution in [0.25, 0.3) is 5.52 Å². The molecule has 0 saturated carbocycles. The van der Waals surface area contributed by atoms with Gasteiger partial charge in [0.25, 0.3) is 0 Å². The van der Waals surface area contributed by atoms with Crippen LogP contribution in [0.1, 0.15) is 10.4 Å². The number of aromatic nitrogens is 1. The Morgan fingerprint density at radius 1 is 1.36 bits per heavy atom. The summed E-state index contributed by atoms with van der Waals surface area (Å²) in [6, 6.07) is 7.62. The smallest absolute Gasteiger partial charge is 0.178 e. The first-order valence-corrected chi connectivity index (χ1v) is 4.56. The van der Waals surface area contributed by atoms with Gasteiger partial charge in [0.05, 0.1) is 12.1 Å². The van der Waals surface area contributed by atoms with Crippen LogP contribution in [0.15, 0.2) is 36.7 Å². The highest BCUT2D eigenvalue weighted by Crippen LogP contribution is 2.11. The van der Waals surface area contributed by atoms with Gasteiger partial charge in [0.15, 0.2) is 5.78 Å². The molecule has 0 saturated heterocycles. The lowest BCUT2D eigenvalue weighted by molar-refractivity contribution is 0.0995. The number of hydrogen-bond donors (Lipinski definition) is 1. The van der Waals surface area contributed by atoms with Crippen LogP contribution in [0.4, 0.5) is 0 Å². The van der Waals surface area contributed by atoms with Gasteiger partial charge in [-0.05, 0) is 31.3 Å². The fourth-order valence-electron chi connectivity index (χ4n) is 1.56. The summed E-state index contributed by atoms with van der Waals surface area (Å²) in [5.41, 5.74) is 1.74. The number of nitrogens with zero attached hydrogens (tertiary/aromatic N) is 1. The Bertz CT molecular complexity index is 459. The number of nitrogens with one attached hydrogen (secondary N) is 1. The fourth-order valence-corrected chi connectivity index (χ4v) is 1.56. The predicted molar refractivity (Wildman–Crippen MR) is 55.7 cm³/mol. The Balaban J connectivity index is 2.50. The number of pyridine rings is 1. The molecule has 0 fully saturated rings. The quantitative estimate of drug-likeness (QED) is 0.737. The van der Waals surface area contributed by atoms with Crippen molar-refractivity contribution in [2.75, 3.05) is 13.6 Å². The van der Waals surface area contributed by atoms with Crippen molar-refractivity contribution >= 4 is 11.3 Å². The van der Waals surface area contributed by atoms with Crippen LogP contribution in [-0.2, 0) is 0 Å². The first kappa shape index (κ1) is 8.97. The van der Waals surface area contributed by atoms with E-state index >= 15 is 0 Å². The Morgan fingerprint density at radius 3 is 2.79 bits per heavy atom. The second-order valence-corrected chi connectivity index (χ2v) is 3.18. The van der Waals surface area contributed by atoms with E-state index in [0.29, 0.717) is 6.54 Å². The summed E-state index contributed by atoms with van der Waals surface area (Å²) < 4.78 is 1.95. The van der Waals surface area contributed by atoms with E-state index in [9.17, 15) is 4.79 Å². The van der Waals surface area contributed by atoms with Gasteiger partial charge < -0.3 is 9.72 Å². The molecule has 0 amide bonds. The first-order chi connectivity index (χ1) is 6.83. The molecule has 3 nitrogen and oxygen atoms in total. The highest BCUT2D eigenvalue weighted by Gasteiger charge is 2.08. The highest BCUT2D eigenvalue weighted by molar-refractivity contribution is 6.03. The monoisotopic (exact) mass is 188 g/mol. The topological polar surface area (TPSA) is 33.5 Å². The van der Waals surface area contributed by atoms with Gasteiger partial charge in [-0.25, -0.2) is 0 Å². The molecule has 2 heterocycles. The largest absolute Gasteiger partial charge is 0.323 e. The molecule has 2 aromatic heterocycles. The van der Waals surface area contributed by atoms with Crippen LogP contribution in [0.5, 0.6) is 0 Å². The molecule has 3 heteroatoms. The molecular weight excluding hydrogens is 176 g/mol. The van der Waals surface area contributed by atoms with Crippen LogP contribution in [-0.4, -0.2) is 23.8 Å². The number of ketones is 1. The number of hydrogen-bond acceptors (Lipinski definition) is 2. The molecule has 0 aromatic carbocycles. The van der Waals surface area contributed by atoms with Gasteiger partial charge in [-0.15, -0.1) is 0 Å². The van der Waals surface area contributed by atoms with E-state index in [1.165, 1.54) is 0 Å². The molecule has 0 spiro atoms. The minimum absolute atomic E-state index is 0.122. The molecule has 72 valence electrons. The van der Waals surface area contributed by atoms with Crippen molar-refractivity contribution in [3.8, 4) is 0 Å². The molecule has 14 heavy (non-hydrogen) atoms. The molecule has 2 rings (SSSR count). The maximum atomic E-state index is 11.7. The van der Waals surface area contributed by atoms with E-state index in [-0.39, 0.29) is 5.78 Å². The second kappa shape index (κ2) is 3.64. The Kier molecular flexibility index (Phi) is 2.33. The molecule has 0 unspecified atom stereocenters. The summed E-state index contributed by atoms with van der Waals surface area (Å²) in [5, 5.41) is 2.86. The van der Waals surface area contributed by atoms with Gasteiger partial charge in [0, 0.05) is 18.0 Å². The Labute approximate surface area is 82.4 Å². The van der Waals surface area contributed by atoms with Gasteiger partial charge in [-0.1, -0.05) is 0 Å². The molecule has 0 radical (unpaired) electrons. The van der Waals surface area contributed by atoms with E-state index in [1.807, 2.05) is 41.1 Å². The van der Waals surface area contributed by atoms with Crippen molar-refractivity contribution in [2.45, 2.75) is 0 Å². The van der Waals surface area contributed by atoms with E-state index in [2.05, 4.69) is 5.32 Å². The summed E-state index contributed by atoms with van der Waals surface area (Å²) in [4.78, 5) is 11.7. The van der Waals surface area contributed by atoms with E-state index in [0.717, 1.165) is 11.1 Å². The molecule has 0 atom stereocenters. The van der Waals surface area contributed by atoms with Crippen molar-refractivity contribution in [3.63, 3.8) is 0 Å². The Hall–Kier alpha value is -1.61. The lowest BCUT2D eigenvalue weighted by Gasteiger charge is -2.02. The summed E-state index contributed by atoms with van der Waals surface area (Å²) in [7, 11) is 1.77. The molecule has 2 aromatic rings. The van der Waals surface area contributed by atoms with Crippen LogP contribution < -0.4 is 5.32 Å². The summed E-state index contributed by atoms with van der Waals surface area (Å²) in [5.74, 6) is 0.122. The zero-order valence-electron chi connectivity index (χ0n) is 8.03. The van der Waals surface area contributed by atoms with Gasteiger partial charge in [-0.2, -0.15) is 0 Å². The SMILES string of the molecule is CNCC(=O)c1cccn2cccc12. The van der Waals surface area contributed by atoms with Crippen molar-refractivity contribution in [1.29, 1.82) is 0 Å². The van der Waals surface area contributed by atoms with Crippen LogP contribution in [0, 0.1) is 0 Å². The number of carbonyl (C=O) groups excluding carboxylic acids is 1. The lowest BCUT2D eigenvalue weighted by atomic mass is 10.1. The highest BCUT2D eigenvalue weighted by atomic mass is 16.1. The molecule has 0 bridgehead atoms. The molecule has 1 N–H and O–H groups in total. The van der Waals surface area contributed by atoms with E-state index in [4.69, 9.17) is 0 Å². The lowest BCUT2D eigenvalue weighted by Crippen LogP contribution is -2.18. The zero-order chi connectivity index (χ0) is 9.97. The van der Waals surface area contributed by atoms with Gasteiger partial charge in [0.1, 0.15) is 0 Å². The maximum Gasteiger partial charge on any atom is 0.178 e. The van der Waals surface area contributed by atoms with Gasteiger partial charge in [-0.3, -0.25) is 4.79 Å². The minimum Gasteiger partial charge on any atom is -0.323 e. The summed E-state index contributed by atoms with van der Waals surface area (Å²) >= 11 is 0. The van der Waals surface area contributed by atoms with Gasteiger partial charge in [0.2, 0.25) is 0 Å². The Morgan fingerprint density at radius 2 is 2.07 bits per heavy atom. The molecule has 0 aliphatic rings. The van der Waals surface area contributed by atoms with Gasteiger partial charge >= 0.3 is 0 Å². The van der Waals surface area contributed by atoms with Crippen molar-refractivity contribution in [3.05, 3.63) is 42.2 Å². The van der Waals surface area contributed by atoms with E-state index in [1.54, 1.807) is 7.05 Å². The normalized spacial score (nSPS) is 10.6. The maximum absolute atomic E-state index is 11.7. The second-order valence-electron chi connectivity index (χ2n) is 3.18. The molecular formula is C11H12N2O. The third-order valence-electron chi connectivity index (χ3n) is 2.20. The third kappa shape index (κ3) is 1.42. The fraction of sp³-hybridized carbons (Fsp3) is 0.182. The number of rotatable bonds is 3. The predicted octanol–water partition coefficient (Wildman–Crippen LogP) is 1.34. The summed E-state index contributed by atoms with van der Waals surface area (Å²) in [6.45, 7) is 0.380. The number of likely N-dealkylation sites (N-methyl/N-ethyl adjacent to an activating group) is 1. The third-order valence-corrected chi connectivity index (χ3v) is 2.20. The molecule has 0 aliphatic heterocycles. The number of fused-ring (bicyclic) bond motifs is 1. The van der Waals surface area contributed by atoms with Crippen LogP contribution in [0.2, 0.25) is 0 Å². The van der Waals surface area contributed by atoms with Crippen molar-refractivity contribution < 1.29 is 4.79 Å². The standard InChI is InChI=1S/C11H12N2O/c1-12-8-11(14)9-4-2-6-13-7-3-5-10(9)13/h2-7,12H,8H2,1H3. The average molecular weight is 188 g/mol. The first-order valence-electron chi connectivity index (χ1n) is 4.56. The minimum atomic E-state index is 0.122. The van der Waals surface area contributed by atoms with Crippen LogP contribution in [0.3, 0.4) is 0 Å².